The lowest BCUT2D eigenvalue weighted by Gasteiger charge is -2.18. The summed E-state index contributed by atoms with van der Waals surface area (Å²) in [4.78, 5) is 0. The molecule has 0 heterocycles. The van der Waals surface area contributed by atoms with Crippen LogP contribution in [-0.4, -0.2) is 25.8 Å². The molecule has 1 aromatic rings. The number of methoxy groups -OCH3 is 1. The molecule has 0 bridgehead atoms. The molecular formula is C13H20ClNO2. The molecule has 1 atom stereocenters. The van der Waals surface area contributed by atoms with Crippen LogP contribution in [0.4, 0.5) is 0 Å². The minimum atomic E-state index is -0.555. The zero-order valence-electron chi connectivity index (χ0n) is 10.7. The molecule has 1 unspecified atom stereocenters. The monoisotopic (exact) mass is 257 g/mol. The zero-order valence-corrected chi connectivity index (χ0v) is 11.5. The summed E-state index contributed by atoms with van der Waals surface area (Å²) in [6.45, 7) is 4.64. The summed E-state index contributed by atoms with van der Waals surface area (Å²) < 4.78 is 5.30. The van der Waals surface area contributed by atoms with Crippen LogP contribution in [0.2, 0.25) is 5.02 Å². The largest absolute Gasteiger partial charge is 0.495 e. The van der Waals surface area contributed by atoms with Crippen LogP contribution >= 0.6 is 11.6 Å². The molecular weight excluding hydrogens is 238 g/mol. The Labute approximate surface area is 108 Å². The van der Waals surface area contributed by atoms with E-state index in [-0.39, 0.29) is 0 Å². The fraction of sp³-hybridized carbons (Fsp3) is 0.538. The van der Waals surface area contributed by atoms with Crippen molar-refractivity contribution in [1.82, 2.24) is 5.32 Å². The lowest BCUT2D eigenvalue weighted by atomic mass is 9.97. The highest BCUT2D eigenvalue weighted by Crippen LogP contribution is 2.36. The van der Waals surface area contributed by atoms with Crippen LogP contribution in [0.15, 0.2) is 12.1 Å². The van der Waals surface area contributed by atoms with E-state index in [1.165, 1.54) is 0 Å². The first-order valence-corrected chi connectivity index (χ1v) is 6.09. The topological polar surface area (TPSA) is 41.5 Å². The molecule has 17 heavy (non-hydrogen) atoms. The van der Waals surface area contributed by atoms with Gasteiger partial charge in [0.05, 0.1) is 18.2 Å². The highest BCUT2D eigenvalue weighted by molar-refractivity contribution is 6.32. The highest BCUT2D eigenvalue weighted by Gasteiger charge is 2.16. The molecule has 0 saturated carbocycles. The summed E-state index contributed by atoms with van der Waals surface area (Å²) in [5.74, 6) is 0.992. The van der Waals surface area contributed by atoms with Crippen LogP contribution in [0.5, 0.6) is 5.75 Å². The number of aliphatic hydroxyl groups is 1. The van der Waals surface area contributed by atoms with Crippen LogP contribution in [0.3, 0.4) is 0 Å². The number of benzene rings is 1. The minimum absolute atomic E-state index is 0.296. The van der Waals surface area contributed by atoms with Crippen LogP contribution in [0, 0.1) is 0 Å². The second-order valence-corrected chi connectivity index (χ2v) is 4.76. The first-order chi connectivity index (χ1) is 8.01. The van der Waals surface area contributed by atoms with Gasteiger partial charge in [-0.25, -0.2) is 0 Å². The molecule has 0 amide bonds. The molecule has 0 aliphatic heterocycles. The Morgan fingerprint density at radius 3 is 2.53 bits per heavy atom. The van der Waals surface area contributed by atoms with Gasteiger partial charge in [-0.15, -0.1) is 0 Å². The minimum Gasteiger partial charge on any atom is -0.495 e. The Hall–Kier alpha value is -0.770. The maximum atomic E-state index is 9.95. The maximum Gasteiger partial charge on any atom is 0.140 e. The van der Waals surface area contributed by atoms with Gasteiger partial charge in [0.2, 0.25) is 0 Å². The lowest BCUT2D eigenvalue weighted by Crippen LogP contribution is -2.17. The summed E-state index contributed by atoms with van der Waals surface area (Å²) in [5.41, 5.74) is 1.83. The van der Waals surface area contributed by atoms with Crippen molar-refractivity contribution in [3.63, 3.8) is 0 Å². The first-order valence-electron chi connectivity index (χ1n) is 5.71. The van der Waals surface area contributed by atoms with Crippen molar-refractivity contribution in [2.24, 2.45) is 0 Å². The van der Waals surface area contributed by atoms with Crippen molar-refractivity contribution in [3.05, 3.63) is 28.3 Å². The number of aliphatic hydroxyl groups excluding tert-OH is 1. The van der Waals surface area contributed by atoms with Crippen molar-refractivity contribution in [1.29, 1.82) is 0 Å². The van der Waals surface area contributed by atoms with Gasteiger partial charge in [-0.3, -0.25) is 0 Å². The van der Waals surface area contributed by atoms with Gasteiger partial charge in [0.25, 0.3) is 0 Å². The number of halogens is 1. The summed E-state index contributed by atoms with van der Waals surface area (Å²) in [6, 6.07) is 3.71. The van der Waals surface area contributed by atoms with E-state index in [0.717, 1.165) is 11.1 Å². The van der Waals surface area contributed by atoms with Gasteiger partial charge in [0.1, 0.15) is 5.75 Å². The van der Waals surface area contributed by atoms with Gasteiger partial charge in [-0.05, 0) is 36.2 Å². The Kier molecular flexibility index (Phi) is 5.25. The molecule has 4 heteroatoms. The molecule has 1 aromatic carbocycles. The predicted molar refractivity (Wildman–Crippen MR) is 71.0 cm³/mol. The number of nitrogens with one attached hydrogen (secondary N) is 1. The quantitative estimate of drug-likeness (QED) is 0.852. The smallest absolute Gasteiger partial charge is 0.140 e. The van der Waals surface area contributed by atoms with Crippen molar-refractivity contribution in [3.8, 4) is 5.75 Å². The number of rotatable bonds is 5. The lowest BCUT2D eigenvalue weighted by molar-refractivity contribution is 0.177. The second-order valence-electron chi connectivity index (χ2n) is 4.35. The molecule has 2 N–H and O–H groups in total. The standard InChI is InChI=1S/C13H20ClNO2/c1-8(2)10-5-9(12(16)7-15-3)6-11(14)13(10)17-4/h5-6,8,12,15-16H,7H2,1-4H3. The van der Waals surface area contributed by atoms with Gasteiger partial charge in [0, 0.05) is 6.54 Å². The van der Waals surface area contributed by atoms with E-state index in [1.54, 1.807) is 20.2 Å². The number of hydrogen-bond donors (Lipinski definition) is 2. The van der Waals surface area contributed by atoms with E-state index < -0.39 is 6.10 Å². The average molecular weight is 258 g/mol. The fourth-order valence-corrected chi connectivity index (χ4v) is 2.10. The number of ether oxygens (including phenoxy) is 1. The Morgan fingerprint density at radius 1 is 1.41 bits per heavy atom. The van der Waals surface area contributed by atoms with Crippen molar-refractivity contribution in [2.45, 2.75) is 25.9 Å². The Bertz CT molecular complexity index is 380. The third-order valence-electron chi connectivity index (χ3n) is 2.70. The van der Waals surface area contributed by atoms with E-state index in [2.05, 4.69) is 19.2 Å². The predicted octanol–water partition coefficient (Wildman–Crippen LogP) is 2.72. The van der Waals surface area contributed by atoms with Crippen LogP contribution in [0.25, 0.3) is 0 Å². The zero-order chi connectivity index (χ0) is 13.0. The summed E-state index contributed by atoms with van der Waals surface area (Å²) in [6.07, 6.45) is -0.555. The van der Waals surface area contributed by atoms with Gasteiger partial charge < -0.3 is 15.2 Å². The Balaban J connectivity index is 3.19. The maximum absolute atomic E-state index is 9.95. The van der Waals surface area contributed by atoms with Crippen LogP contribution < -0.4 is 10.1 Å². The molecule has 0 aliphatic carbocycles. The van der Waals surface area contributed by atoms with Crippen molar-refractivity contribution >= 4 is 11.6 Å². The summed E-state index contributed by atoms with van der Waals surface area (Å²) in [5, 5.41) is 13.4. The van der Waals surface area contributed by atoms with E-state index in [0.29, 0.717) is 23.2 Å². The second kappa shape index (κ2) is 6.24. The summed E-state index contributed by atoms with van der Waals surface area (Å²) in [7, 11) is 3.41. The molecule has 0 aromatic heterocycles. The van der Waals surface area contributed by atoms with Crippen LogP contribution in [0.1, 0.15) is 37.0 Å². The SMILES string of the molecule is CNCC(O)c1cc(Cl)c(OC)c(C(C)C)c1. The third kappa shape index (κ3) is 3.35. The van der Waals surface area contributed by atoms with E-state index in [4.69, 9.17) is 16.3 Å². The molecule has 3 nitrogen and oxygen atoms in total. The molecule has 96 valence electrons. The summed E-state index contributed by atoms with van der Waals surface area (Å²) >= 11 is 6.17. The molecule has 0 fully saturated rings. The van der Waals surface area contributed by atoms with E-state index in [9.17, 15) is 5.11 Å². The Morgan fingerprint density at radius 2 is 2.06 bits per heavy atom. The number of likely N-dealkylation sites (N-methyl/N-ethyl adjacent to an activating group) is 1. The molecule has 0 saturated heterocycles. The third-order valence-corrected chi connectivity index (χ3v) is 2.98. The molecule has 1 rings (SSSR count). The fourth-order valence-electron chi connectivity index (χ4n) is 1.78. The van der Waals surface area contributed by atoms with Crippen molar-refractivity contribution in [2.75, 3.05) is 20.7 Å². The van der Waals surface area contributed by atoms with Gasteiger partial charge >= 0.3 is 0 Å². The van der Waals surface area contributed by atoms with Gasteiger partial charge in [0.15, 0.2) is 0 Å². The van der Waals surface area contributed by atoms with E-state index in [1.807, 2.05) is 6.07 Å². The van der Waals surface area contributed by atoms with Gasteiger partial charge in [-0.2, -0.15) is 0 Å². The average Bonchev–Trinajstić information content (AvgIpc) is 2.28. The first kappa shape index (κ1) is 14.3. The van der Waals surface area contributed by atoms with Crippen LogP contribution in [-0.2, 0) is 0 Å². The van der Waals surface area contributed by atoms with E-state index >= 15 is 0 Å². The van der Waals surface area contributed by atoms with Gasteiger partial charge in [-0.1, -0.05) is 25.4 Å². The highest BCUT2D eigenvalue weighted by atomic mass is 35.5. The molecule has 0 spiro atoms. The normalized spacial score (nSPS) is 12.9. The molecule has 0 aliphatic rings. The molecule has 0 radical (unpaired) electrons. The van der Waals surface area contributed by atoms with Crippen molar-refractivity contribution < 1.29 is 9.84 Å². The number of hydrogen-bond acceptors (Lipinski definition) is 3.